The summed E-state index contributed by atoms with van der Waals surface area (Å²) in [6.07, 6.45) is 0. The summed E-state index contributed by atoms with van der Waals surface area (Å²) in [6.45, 7) is -0.0464. The van der Waals surface area contributed by atoms with Gasteiger partial charge in [-0.3, -0.25) is 4.79 Å². The zero-order valence-electron chi connectivity index (χ0n) is 18.2. The third kappa shape index (κ3) is 4.35. The minimum absolute atomic E-state index is 0.118. The highest BCUT2D eigenvalue weighted by molar-refractivity contribution is 7.91. The van der Waals surface area contributed by atoms with Gasteiger partial charge in [-0.2, -0.15) is 12.7 Å². The second kappa shape index (κ2) is 9.42. The monoisotopic (exact) mass is 490 g/mol. The molecule has 1 aliphatic heterocycles. The second-order valence-corrected chi connectivity index (χ2v) is 10.6. The average molecular weight is 491 g/mol. The molecular formula is C26H22N2O4S2. The zero-order chi connectivity index (χ0) is 23.5. The van der Waals surface area contributed by atoms with Gasteiger partial charge in [0.15, 0.2) is 0 Å². The molecule has 4 aromatic rings. The van der Waals surface area contributed by atoms with E-state index >= 15 is 0 Å². The van der Waals surface area contributed by atoms with E-state index in [4.69, 9.17) is 4.74 Å². The molecular weight excluding hydrogens is 468 g/mol. The lowest BCUT2D eigenvalue weighted by Crippen LogP contribution is -2.51. The van der Waals surface area contributed by atoms with Crippen molar-refractivity contribution < 1.29 is 17.9 Å². The maximum Gasteiger partial charge on any atom is 0.331 e. The van der Waals surface area contributed by atoms with Crippen molar-refractivity contribution in [3.05, 3.63) is 114 Å². The third-order valence-corrected chi connectivity index (χ3v) is 8.52. The van der Waals surface area contributed by atoms with Crippen LogP contribution in [0.1, 0.15) is 21.5 Å². The fraction of sp³-hybridized carbons (Fsp3) is 0.115. The minimum atomic E-state index is -4.15. The molecule has 8 heteroatoms. The molecule has 2 heterocycles. The van der Waals surface area contributed by atoms with Gasteiger partial charge in [0.25, 0.3) is 5.91 Å². The van der Waals surface area contributed by atoms with E-state index < -0.39 is 16.1 Å². The Kier molecular flexibility index (Phi) is 6.19. The van der Waals surface area contributed by atoms with Crippen LogP contribution in [0.2, 0.25) is 0 Å². The van der Waals surface area contributed by atoms with Gasteiger partial charge in [0.2, 0.25) is 0 Å². The molecule has 1 aromatic heterocycles. The van der Waals surface area contributed by atoms with Gasteiger partial charge in [-0.25, -0.2) is 4.31 Å². The van der Waals surface area contributed by atoms with Crippen molar-refractivity contribution in [1.29, 1.82) is 0 Å². The highest BCUT2D eigenvalue weighted by Crippen LogP contribution is 2.43. The van der Waals surface area contributed by atoms with Crippen LogP contribution in [0.15, 0.2) is 97.1 Å². The van der Waals surface area contributed by atoms with Crippen LogP contribution in [-0.4, -0.2) is 25.4 Å². The predicted molar refractivity (Wildman–Crippen MR) is 134 cm³/mol. The first kappa shape index (κ1) is 22.3. The van der Waals surface area contributed by atoms with Gasteiger partial charge in [-0.05, 0) is 22.8 Å². The van der Waals surface area contributed by atoms with Gasteiger partial charge < -0.3 is 4.74 Å². The quantitative estimate of drug-likeness (QED) is 0.353. The van der Waals surface area contributed by atoms with Crippen LogP contribution in [0.5, 0.6) is 0 Å². The van der Waals surface area contributed by atoms with Crippen LogP contribution in [-0.2, 0) is 28.1 Å². The molecule has 0 saturated carbocycles. The van der Waals surface area contributed by atoms with E-state index in [1.165, 1.54) is 15.6 Å². The summed E-state index contributed by atoms with van der Waals surface area (Å²) < 4.78 is 35.1. The fourth-order valence-corrected chi connectivity index (χ4v) is 6.61. The van der Waals surface area contributed by atoms with Crippen molar-refractivity contribution in [1.82, 2.24) is 4.31 Å². The number of carbonyl (C=O) groups is 1. The van der Waals surface area contributed by atoms with E-state index in [1.807, 2.05) is 91.0 Å². The van der Waals surface area contributed by atoms with Crippen molar-refractivity contribution in [3.63, 3.8) is 0 Å². The molecule has 0 aliphatic carbocycles. The zero-order valence-corrected chi connectivity index (χ0v) is 19.8. The number of ether oxygens (including phenoxy) is 1. The number of thiophene rings is 1. The molecule has 0 bridgehead atoms. The van der Waals surface area contributed by atoms with Gasteiger partial charge in [0, 0.05) is 4.88 Å². The van der Waals surface area contributed by atoms with Crippen molar-refractivity contribution in [2.24, 2.45) is 0 Å². The number of hydrogen-bond donors (Lipinski definition) is 0. The van der Waals surface area contributed by atoms with Gasteiger partial charge in [-0.15, -0.1) is 11.3 Å². The Morgan fingerprint density at radius 3 is 2.00 bits per heavy atom. The van der Waals surface area contributed by atoms with Crippen molar-refractivity contribution in [2.45, 2.75) is 13.2 Å². The van der Waals surface area contributed by atoms with Crippen LogP contribution in [0.4, 0.5) is 5.00 Å². The lowest BCUT2D eigenvalue weighted by atomic mass is 10.1. The first-order valence-corrected chi connectivity index (χ1v) is 12.9. The van der Waals surface area contributed by atoms with Crippen LogP contribution in [0, 0.1) is 0 Å². The Hall–Kier alpha value is -3.46. The fourth-order valence-electron chi connectivity index (χ4n) is 3.78. The lowest BCUT2D eigenvalue weighted by molar-refractivity contribution is 0.0451. The molecule has 0 N–H and O–H groups in total. The molecule has 0 spiro atoms. The van der Waals surface area contributed by atoms with Gasteiger partial charge in [0.05, 0.1) is 18.7 Å². The van der Waals surface area contributed by atoms with Gasteiger partial charge in [0.1, 0.15) is 11.7 Å². The van der Waals surface area contributed by atoms with E-state index in [9.17, 15) is 13.2 Å². The SMILES string of the molecule is O=C1c2cc(-c3ccccc3)sc2N(Cc2ccccc2)S(=O)(=O)N1COCc1ccccc1. The maximum atomic E-state index is 13.6. The topological polar surface area (TPSA) is 66.9 Å². The molecule has 1 aliphatic rings. The summed E-state index contributed by atoms with van der Waals surface area (Å²) in [5.74, 6) is -0.578. The highest BCUT2D eigenvalue weighted by atomic mass is 32.2. The van der Waals surface area contributed by atoms with Crippen molar-refractivity contribution in [3.8, 4) is 10.4 Å². The number of amides is 1. The molecule has 0 fully saturated rings. The summed E-state index contributed by atoms with van der Waals surface area (Å²) in [5.41, 5.74) is 3.01. The summed E-state index contributed by atoms with van der Waals surface area (Å²) in [7, 11) is -4.15. The smallest absolute Gasteiger partial charge is 0.331 e. The molecule has 5 rings (SSSR count). The van der Waals surface area contributed by atoms with E-state index in [1.54, 1.807) is 6.07 Å². The number of benzene rings is 3. The molecule has 0 saturated heterocycles. The highest BCUT2D eigenvalue weighted by Gasteiger charge is 2.43. The number of hydrogen-bond acceptors (Lipinski definition) is 5. The first-order chi connectivity index (χ1) is 16.5. The Labute approximate surface area is 202 Å². The van der Waals surface area contributed by atoms with Crippen LogP contribution in [0.25, 0.3) is 10.4 Å². The summed E-state index contributed by atoms with van der Waals surface area (Å²) in [4.78, 5) is 14.2. The second-order valence-electron chi connectivity index (χ2n) is 7.81. The predicted octanol–water partition coefficient (Wildman–Crippen LogP) is 5.30. The third-order valence-electron chi connectivity index (χ3n) is 5.50. The standard InChI is InChI=1S/C26H22N2O4S2/c29-25-23-16-24(22-14-8-3-9-15-22)33-26(23)27(17-20-10-4-1-5-11-20)34(30,31)28(25)19-32-18-21-12-6-2-7-13-21/h1-16H,17-19H2. The molecule has 0 radical (unpaired) electrons. The average Bonchev–Trinajstić information content (AvgIpc) is 3.31. The summed E-state index contributed by atoms with van der Waals surface area (Å²) in [5, 5.41) is 0.423. The lowest BCUT2D eigenvalue weighted by Gasteiger charge is -2.34. The largest absolute Gasteiger partial charge is 0.355 e. The summed E-state index contributed by atoms with van der Waals surface area (Å²) in [6, 6.07) is 30.2. The number of rotatable bonds is 7. The Bertz CT molecular complexity index is 1390. The molecule has 6 nitrogen and oxygen atoms in total. The Balaban J connectivity index is 1.51. The van der Waals surface area contributed by atoms with E-state index in [2.05, 4.69) is 0 Å². The normalized spacial score (nSPS) is 14.8. The first-order valence-electron chi connectivity index (χ1n) is 10.7. The molecule has 172 valence electrons. The maximum absolute atomic E-state index is 13.6. The van der Waals surface area contributed by atoms with Crippen molar-refractivity contribution >= 4 is 32.5 Å². The Morgan fingerprint density at radius 2 is 1.35 bits per heavy atom. The molecule has 1 amide bonds. The van der Waals surface area contributed by atoms with Crippen LogP contribution in [0.3, 0.4) is 0 Å². The number of carbonyl (C=O) groups excluding carboxylic acids is 1. The van der Waals surface area contributed by atoms with E-state index in [0.717, 1.165) is 25.9 Å². The number of fused-ring (bicyclic) bond motifs is 1. The van der Waals surface area contributed by atoms with E-state index in [-0.39, 0.29) is 19.9 Å². The molecule has 3 aromatic carbocycles. The van der Waals surface area contributed by atoms with Crippen LogP contribution >= 0.6 is 11.3 Å². The number of anilines is 1. The van der Waals surface area contributed by atoms with Gasteiger partial charge >= 0.3 is 10.2 Å². The molecule has 34 heavy (non-hydrogen) atoms. The molecule has 0 unspecified atom stereocenters. The Morgan fingerprint density at radius 1 is 0.765 bits per heavy atom. The summed E-state index contributed by atoms with van der Waals surface area (Å²) >= 11 is 1.30. The molecule has 0 atom stereocenters. The van der Waals surface area contributed by atoms with E-state index in [0.29, 0.717) is 10.6 Å². The van der Waals surface area contributed by atoms with Crippen molar-refractivity contribution in [2.75, 3.05) is 11.0 Å². The van der Waals surface area contributed by atoms with Gasteiger partial charge in [-0.1, -0.05) is 91.0 Å². The minimum Gasteiger partial charge on any atom is -0.355 e. The number of nitrogens with zero attached hydrogens (tertiary/aromatic N) is 2. The van der Waals surface area contributed by atoms with Crippen LogP contribution < -0.4 is 4.31 Å².